The van der Waals surface area contributed by atoms with E-state index in [1.54, 1.807) is 6.08 Å². The topological polar surface area (TPSA) is 29.5 Å². The summed E-state index contributed by atoms with van der Waals surface area (Å²) in [5.74, 6) is 1.16. The minimum atomic E-state index is -0.0351. The van der Waals surface area contributed by atoms with Crippen LogP contribution in [0, 0.1) is 5.92 Å². The minimum Gasteiger partial charge on any atom is -0.493 e. The summed E-state index contributed by atoms with van der Waals surface area (Å²) in [5, 5.41) is 9.29. The van der Waals surface area contributed by atoms with E-state index >= 15 is 0 Å². The van der Waals surface area contributed by atoms with Gasteiger partial charge in [-0.05, 0) is 24.8 Å². The Morgan fingerprint density at radius 1 is 1.44 bits per heavy atom. The number of hydrogen-bond acceptors (Lipinski definition) is 2. The van der Waals surface area contributed by atoms with Crippen LogP contribution in [0.1, 0.15) is 34.1 Å². The quantitative estimate of drug-likeness (QED) is 0.530. The molecule has 0 aromatic heterocycles. The maximum absolute atomic E-state index is 9.29. The van der Waals surface area contributed by atoms with Crippen LogP contribution >= 0.6 is 0 Å². The van der Waals surface area contributed by atoms with Gasteiger partial charge in [0, 0.05) is 5.57 Å². The Morgan fingerprint density at radius 2 is 2.06 bits per heavy atom. The molecule has 92 valence electrons. The van der Waals surface area contributed by atoms with Gasteiger partial charge in [-0.1, -0.05) is 39.5 Å². The molecule has 0 saturated carbocycles. The van der Waals surface area contributed by atoms with E-state index in [0.717, 1.165) is 23.3 Å². The van der Waals surface area contributed by atoms with E-state index in [1.807, 2.05) is 13.0 Å². The zero-order valence-electron chi connectivity index (χ0n) is 10.9. The van der Waals surface area contributed by atoms with Gasteiger partial charge in [0.25, 0.3) is 0 Å². The number of rotatable bonds is 7. The van der Waals surface area contributed by atoms with Crippen LogP contribution in [0.3, 0.4) is 0 Å². The fraction of sp³-hybridized carbons (Fsp3) is 0.571. The van der Waals surface area contributed by atoms with Crippen molar-refractivity contribution < 1.29 is 9.84 Å². The van der Waals surface area contributed by atoms with Crippen LogP contribution in [0.15, 0.2) is 35.6 Å². The second kappa shape index (κ2) is 8.17. The molecule has 0 aromatic rings. The SMILES string of the molecule is C=C/C(CO)=C(OCCC)\C(=C/C)C(C)C. The molecular formula is C14H24O2. The molecule has 1 N–H and O–H groups in total. The minimum absolute atomic E-state index is 0.0351. The van der Waals surface area contributed by atoms with Gasteiger partial charge < -0.3 is 9.84 Å². The second-order valence-electron chi connectivity index (χ2n) is 3.96. The van der Waals surface area contributed by atoms with Crippen molar-refractivity contribution in [2.24, 2.45) is 5.92 Å². The summed E-state index contributed by atoms with van der Waals surface area (Å²) in [6.45, 7) is 12.6. The smallest absolute Gasteiger partial charge is 0.127 e. The van der Waals surface area contributed by atoms with Crippen molar-refractivity contribution in [3.63, 3.8) is 0 Å². The molecular weight excluding hydrogens is 200 g/mol. The summed E-state index contributed by atoms with van der Waals surface area (Å²) in [4.78, 5) is 0. The summed E-state index contributed by atoms with van der Waals surface area (Å²) < 4.78 is 5.73. The number of aliphatic hydroxyl groups is 1. The van der Waals surface area contributed by atoms with E-state index in [4.69, 9.17) is 4.74 Å². The summed E-state index contributed by atoms with van der Waals surface area (Å²) in [7, 11) is 0. The number of allylic oxidation sites excluding steroid dienone is 2. The second-order valence-corrected chi connectivity index (χ2v) is 3.96. The lowest BCUT2D eigenvalue weighted by molar-refractivity contribution is 0.207. The molecule has 0 heterocycles. The van der Waals surface area contributed by atoms with E-state index in [0.29, 0.717) is 12.5 Å². The lowest BCUT2D eigenvalue weighted by Gasteiger charge is -2.18. The normalized spacial score (nSPS) is 13.8. The highest BCUT2D eigenvalue weighted by Gasteiger charge is 2.13. The number of ether oxygens (including phenoxy) is 1. The van der Waals surface area contributed by atoms with Gasteiger partial charge in [0.15, 0.2) is 0 Å². The van der Waals surface area contributed by atoms with Crippen LogP contribution in [-0.2, 0) is 4.74 Å². The van der Waals surface area contributed by atoms with E-state index in [-0.39, 0.29) is 6.61 Å². The third kappa shape index (κ3) is 4.23. The first-order valence-corrected chi connectivity index (χ1v) is 5.88. The van der Waals surface area contributed by atoms with Crippen LogP contribution in [0.25, 0.3) is 0 Å². The lowest BCUT2D eigenvalue weighted by Crippen LogP contribution is -2.07. The van der Waals surface area contributed by atoms with Crippen LogP contribution < -0.4 is 0 Å². The maximum Gasteiger partial charge on any atom is 0.127 e. The molecule has 0 aliphatic carbocycles. The van der Waals surface area contributed by atoms with Gasteiger partial charge in [-0.3, -0.25) is 0 Å². The van der Waals surface area contributed by atoms with Crippen LogP contribution in [0.5, 0.6) is 0 Å². The zero-order valence-corrected chi connectivity index (χ0v) is 10.9. The Kier molecular flexibility index (Phi) is 7.65. The molecule has 0 atom stereocenters. The van der Waals surface area contributed by atoms with Crippen LogP contribution in [0.2, 0.25) is 0 Å². The molecule has 0 spiro atoms. The van der Waals surface area contributed by atoms with Crippen molar-refractivity contribution in [2.75, 3.05) is 13.2 Å². The van der Waals surface area contributed by atoms with Gasteiger partial charge in [0.2, 0.25) is 0 Å². The molecule has 0 aliphatic heterocycles. The molecule has 0 aliphatic rings. The highest BCUT2D eigenvalue weighted by atomic mass is 16.5. The Hall–Kier alpha value is -1.02. The molecule has 0 bridgehead atoms. The molecule has 0 unspecified atom stereocenters. The molecule has 2 heteroatoms. The van der Waals surface area contributed by atoms with Gasteiger partial charge in [0.05, 0.1) is 13.2 Å². The Bertz CT molecular complexity index is 272. The fourth-order valence-corrected chi connectivity index (χ4v) is 1.52. The van der Waals surface area contributed by atoms with E-state index < -0.39 is 0 Å². The average molecular weight is 224 g/mol. The highest BCUT2D eigenvalue weighted by molar-refractivity contribution is 5.36. The summed E-state index contributed by atoms with van der Waals surface area (Å²) in [5.41, 5.74) is 1.88. The maximum atomic E-state index is 9.29. The predicted octanol–water partition coefficient (Wildman–Crippen LogP) is 3.45. The third-order valence-corrected chi connectivity index (χ3v) is 2.35. The van der Waals surface area contributed by atoms with E-state index in [1.165, 1.54) is 0 Å². The van der Waals surface area contributed by atoms with Crippen molar-refractivity contribution in [3.05, 3.63) is 35.6 Å². The Labute approximate surface area is 99.3 Å². The molecule has 0 fully saturated rings. The number of aliphatic hydroxyl groups excluding tert-OH is 1. The molecule has 16 heavy (non-hydrogen) atoms. The highest BCUT2D eigenvalue weighted by Crippen LogP contribution is 2.24. The average Bonchev–Trinajstić information content (AvgIpc) is 2.27. The van der Waals surface area contributed by atoms with Gasteiger partial charge in [-0.15, -0.1) is 0 Å². The molecule has 0 aromatic carbocycles. The van der Waals surface area contributed by atoms with Gasteiger partial charge in [0.1, 0.15) is 5.76 Å². The first-order valence-electron chi connectivity index (χ1n) is 5.88. The monoisotopic (exact) mass is 224 g/mol. The summed E-state index contributed by atoms with van der Waals surface area (Å²) >= 11 is 0. The lowest BCUT2D eigenvalue weighted by atomic mass is 9.98. The molecule has 0 radical (unpaired) electrons. The van der Waals surface area contributed by atoms with Crippen LogP contribution in [0.4, 0.5) is 0 Å². The first-order chi connectivity index (χ1) is 7.62. The van der Waals surface area contributed by atoms with Crippen molar-refractivity contribution in [2.45, 2.75) is 34.1 Å². The van der Waals surface area contributed by atoms with Crippen molar-refractivity contribution in [1.29, 1.82) is 0 Å². The molecule has 0 saturated heterocycles. The third-order valence-electron chi connectivity index (χ3n) is 2.35. The molecule has 0 amide bonds. The molecule has 2 nitrogen and oxygen atoms in total. The standard InChI is InChI=1S/C14H24O2/c1-6-9-16-14(12(7-2)10-15)13(8-3)11(4)5/h7-8,11,15H,2,6,9-10H2,1,3-5H3/b13-8-,14-12-. The Balaban J connectivity index is 5.21. The summed E-state index contributed by atoms with van der Waals surface area (Å²) in [6.07, 6.45) is 4.65. The largest absolute Gasteiger partial charge is 0.493 e. The summed E-state index contributed by atoms with van der Waals surface area (Å²) in [6, 6.07) is 0. The fourth-order valence-electron chi connectivity index (χ4n) is 1.52. The Morgan fingerprint density at radius 3 is 2.38 bits per heavy atom. The van der Waals surface area contributed by atoms with Crippen molar-refractivity contribution in [1.82, 2.24) is 0 Å². The molecule has 0 rings (SSSR count). The van der Waals surface area contributed by atoms with E-state index in [9.17, 15) is 5.11 Å². The van der Waals surface area contributed by atoms with Gasteiger partial charge in [-0.25, -0.2) is 0 Å². The number of hydrogen-bond donors (Lipinski definition) is 1. The van der Waals surface area contributed by atoms with Crippen molar-refractivity contribution in [3.8, 4) is 0 Å². The first kappa shape index (κ1) is 15.0. The van der Waals surface area contributed by atoms with Crippen molar-refractivity contribution >= 4 is 0 Å². The predicted molar refractivity (Wildman–Crippen MR) is 69.1 cm³/mol. The zero-order chi connectivity index (χ0) is 12.6. The van der Waals surface area contributed by atoms with Crippen LogP contribution in [-0.4, -0.2) is 18.3 Å². The van der Waals surface area contributed by atoms with Gasteiger partial charge in [-0.2, -0.15) is 0 Å². The van der Waals surface area contributed by atoms with Gasteiger partial charge >= 0.3 is 0 Å². The van der Waals surface area contributed by atoms with E-state index in [2.05, 4.69) is 27.4 Å².